The second-order valence-electron chi connectivity index (χ2n) is 8.26. The summed E-state index contributed by atoms with van der Waals surface area (Å²) in [5.41, 5.74) is 4.83. The summed E-state index contributed by atoms with van der Waals surface area (Å²) in [6.45, 7) is 0. The minimum atomic E-state index is -0.0542. The Kier molecular flexibility index (Phi) is 5.68. The van der Waals surface area contributed by atoms with Gasteiger partial charge in [-0.05, 0) is 47.3 Å². The van der Waals surface area contributed by atoms with Crippen LogP contribution in [0.3, 0.4) is 0 Å². The molecular formula is C28H21ClN4OS. The average molecular weight is 497 g/mol. The normalized spacial score (nSPS) is 15.4. The summed E-state index contributed by atoms with van der Waals surface area (Å²) in [7, 11) is 1.68. The lowest BCUT2D eigenvalue weighted by Crippen LogP contribution is -2.21. The third-order valence-corrected chi connectivity index (χ3v) is 7.28. The molecule has 172 valence electrons. The van der Waals surface area contributed by atoms with Gasteiger partial charge in [0.1, 0.15) is 5.75 Å². The fraction of sp³-hybridized carbons (Fsp3) is 0.107. The zero-order valence-corrected chi connectivity index (χ0v) is 20.5. The van der Waals surface area contributed by atoms with E-state index in [0.717, 1.165) is 50.5 Å². The lowest BCUT2D eigenvalue weighted by Gasteiger charge is -2.23. The number of methoxy groups -OCH3 is 1. The Morgan fingerprint density at radius 2 is 1.80 bits per heavy atom. The number of hydrogen-bond donors (Lipinski definition) is 0. The number of benzene rings is 3. The molecule has 0 aliphatic carbocycles. The predicted molar refractivity (Wildman–Crippen MR) is 144 cm³/mol. The van der Waals surface area contributed by atoms with Crippen molar-refractivity contribution >= 4 is 45.5 Å². The largest absolute Gasteiger partial charge is 0.497 e. The summed E-state index contributed by atoms with van der Waals surface area (Å²) in [6, 6.07) is 28.0. The lowest BCUT2D eigenvalue weighted by atomic mass is 10.0. The number of hydrazone groups is 1. The van der Waals surface area contributed by atoms with Gasteiger partial charge in [0, 0.05) is 22.4 Å². The maximum atomic E-state index is 6.16. The van der Waals surface area contributed by atoms with Gasteiger partial charge in [0.05, 0.1) is 35.0 Å². The van der Waals surface area contributed by atoms with Crippen molar-refractivity contribution in [1.29, 1.82) is 0 Å². The molecule has 0 bridgehead atoms. The smallest absolute Gasteiger partial charge is 0.247 e. The van der Waals surface area contributed by atoms with Crippen molar-refractivity contribution in [3.63, 3.8) is 0 Å². The highest BCUT2D eigenvalue weighted by Gasteiger charge is 2.33. The second-order valence-corrected chi connectivity index (χ2v) is 9.65. The van der Waals surface area contributed by atoms with E-state index in [2.05, 4.69) is 29.6 Å². The third-order valence-electron chi connectivity index (χ3n) is 6.11. The molecule has 7 heteroatoms. The van der Waals surface area contributed by atoms with E-state index in [-0.39, 0.29) is 6.04 Å². The summed E-state index contributed by atoms with van der Waals surface area (Å²) >= 11 is 7.85. The summed E-state index contributed by atoms with van der Waals surface area (Å²) < 4.78 is 5.50. The molecule has 5 nitrogen and oxygen atoms in total. The number of halogens is 1. The molecule has 6 rings (SSSR count). The first kappa shape index (κ1) is 21.8. The number of thiophene rings is 1. The third kappa shape index (κ3) is 4.16. The van der Waals surface area contributed by atoms with E-state index in [1.165, 1.54) is 0 Å². The molecule has 0 saturated carbocycles. The number of aromatic nitrogens is 2. The second kappa shape index (κ2) is 9.13. The van der Waals surface area contributed by atoms with Crippen molar-refractivity contribution in [2.75, 3.05) is 12.1 Å². The minimum Gasteiger partial charge on any atom is -0.497 e. The minimum absolute atomic E-state index is 0.0542. The van der Waals surface area contributed by atoms with E-state index in [1.807, 2.05) is 65.7 Å². The van der Waals surface area contributed by atoms with Crippen LogP contribution in [0.1, 0.15) is 22.9 Å². The van der Waals surface area contributed by atoms with E-state index in [4.69, 9.17) is 31.4 Å². The standard InChI is InChI=1S/C28H21ClN4OS/c1-34-21-7-4-6-19(16-21)25-17-24(26-10-5-15-35-26)32-33(25)28-30-23-9-3-2-8-22(23)27(31-28)18-11-13-20(29)14-12-18/h2-16,25H,17H2,1H3. The highest BCUT2D eigenvalue weighted by Crippen LogP contribution is 2.39. The van der Waals surface area contributed by atoms with Crippen LogP contribution in [0.2, 0.25) is 5.02 Å². The van der Waals surface area contributed by atoms with Crippen LogP contribution in [0, 0.1) is 0 Å². The zero-order chi connectivity index (χ0) is 23.8. The van der Waals surface area contributed by atoms with Crippen molar-refractivity contribution in [2.45, 2.75) is 12.5 Å². The van der Waals surface area contributed by atoms with Gasteiger partial charge < -0.3 is 4.74 Å². The van der Waals surface area contributed by atoms with Gasteiger partial charge in [0.25, 0.3) is 0 Å². The molecule has 1 atom stereocenters. The van der Waals surface area contributed by atoms with Gasteiger partial charge in [0.15, 0.2) is 0 Å². The molecule has 0 radical (unpaired) electrons. The van der Waals surface area contributed by atoms with Crippen LogP contribution in [-0.2, 0) is 0 Å². The Hall–Kier alpha value is -3.74. The average Bonchev–Trinajstić information content (AvgIpc) is 3.59. The Morgan fingerprint density at radius 3 is 2.60 bits per heavy atom. The van der Waals surface area contributed by atoms with Crippen LogP contribution in [0.25, 0.3) is 22.2 Å². The Labute approximate surface area is 212 Å². The molecule has 5 aromatic rings. The monoisotopic (exact) mass is 496 g/mol. The van der Waals surface area contributed by atoms with Crippen molar-refractivity contribution in [3.8, 4) is 17.0 Å². The van der Waals surface area contributed by atoms with Gasteiger partial charge in [-0.25, -0.2) is 15.0 Å². The van der Waals surface area contributed by atoms with E-state index in [0.29, 0.717) is 11.0 Å². The predicted octanol–water partition coefficient (Wildman–Crippen LogP) is 7.38. The zero-order valence-electron chi connectivity index (χ0n) is 18.9. The van der Waals surface area contributed by atoms with E-state index in [9.17, 15) is 0 Å². The van der Waals surface area contributed by atoms with E-state index in [1.54, 1.807) is 18.4 Å². The highest BCUT2D eigenvalue weighted by atomic mass is 35.5. The summed E-state index contributed by atoms with van der Waals surface area (Å²) in [6.07, 6.45) is 0.750. The Balaban J connectivity index is 1.52. The maximum absolute atomic E-state index is 6.16. The van der Waals surface area contributed by atoms with Gasteiger partial charge >= 0.3 is 0 Å². The topological polar surface area (TPSA) is 50.6 Å². The van der Waals surface area contributed by atoms with Crippen molar-refractivity contribution in [3.05, 3.63) is 106 Å². The first-order chi connectivity index (χ1) is 17.2. The molecule has 3 heterocycles. The molecule has 1 aliphatic heterocycles. The first-order valence-electron chi connectivity index (χ1n) is 11.3. The first-order valence-corrected chi connectivity index (χ1v) is 12.5. The van der Waals surface area contributed by atoms with E-state index >= 15 is 0 Å². The quantitative estimate of drug-likeness (QED) is 0.255. The van der Waals surface area contributed by atoms with Crippen LogP contribution >= 0.6 is 22.9 Å². The van der Waals surface area contributed by atoms with E-state index < -0.39 is 0 Å². The molecule has 35 heavy (non-hydrogen) atoms. The number of anilines is 1. The molecule has 1 aliphatic rings. The molecule has 0 spiro atoms. The van der Waals surface area contributed by atoms with Crippen LogP contribution < -0.4 is 9.75 Å². The maximum Gasteiger partial charge on any atom is 0.247 e. The number of nitrogens with zero attached hydrogens (tertiary/aromatic N) is 4. The molecule has 3 aromatic carbocycles. The Bertz CT molecular complexity index is 1530. The fourth-order valence-electron chi connectivity index (χ4n) is 4.39. The molecule has 2 aromatic heterocycles. The number of rotatable bonds is 5. The van der Waals surface area contributed by atoms with Crippen LogP contribution in [-0.4, -0.2) is 22.8 Å². The molecule has 0 saturated heterocycles. The summed E-state index contributed by atoms with van der Waals surface area (Å²) in [4.78, 5) is 11.2. The van der Waals surface area contributed by atoms with Gasteiger partial charge in [-0.15, -0.1) is 11.3 Å². The fourth-order valence-corrected chi connectivity index (χ4v) is 5.24. The van der Waals surface area contributed by atoms with Crippen molar-refractivity contribution < 1.29 is 4.74 Å². The van der Waals surface area contributed by atoms with Crippen molar-refractivity contribution in [2.24, 2.45) is 5.10 Å². The van der Waals surface area contributed by atoms with Crippen molar-refractivity contribution in [1.82, 2.24) is 9.97 Å². The molecule has 0 N–H and O–H groups in total. The van der Waals surface area contributed by atoms with Gasteiger partial charge in [0.2, 0.25) is 5.95 Å². The molecule has 0 fully saturated rings. The van der Waals surface area contributed by atoms with Crippen LogP contribution in [0.15, 0.2) is 95.4 Å². The van der Waals surface area contributed by atoms with Crippen LogP contribution in [0.5, 0.6) is 5.75 Å². The number of para-hydroxylation sites is 1. The SMILES string of the molecule is COc1cccc(C2CC(c3cccs3)=NN2c2nc(-c3ccc(Cl)cc3)c3ccccc3n2)c1. The molecular weight excluding hydrogens is 476 g/mol. The van der Waals surface area contributed by atoms with Gasteiger partial charge in [-0.1, -0.05) is 60.1 Å². The molecule has 0 amide bonds. The van der Waals surface area contributed by atoms with Gasteiger partial charge in [-0.3, -0.25) is 0 Å². The number of ether oxygens (including phenoxy) is 1. The lowest BCUT2D eigenvalue weighted by molar-refractivity contribution is 0.414. The Morgan fingerprint density at radius 1 is 0.943 bits per heavy atom. The summed E-state index contributed by atoms with van der Waals surface area (Å²) in [5.74, 6) is 1.38. The van der Waals surface area contributed by atoms with Gasteiger partial charge in [-0.2, -0.15) is 5.10 Å². The highest BCUT2D eigenvalue weighted by molar-refractivity contribution is 7.12. The summed E-state index contributed by atoms with van der Waals surface area (Å²) in [5, 5.41) is 10.7. The number of fused-ring (bicyclic) bond motifs is 1. The number of hydrogen-bond acceptors (Lipinski definition) is 6. The molecule has 1 unspecified atom stereocenters. The van der Waals surface area contributed by atoms with Crippen LogP contribution in [0.4, 0.5) is 5.95 Å².